The van der Waals surface area contributed by atoms with Gasteiger partial charge in [-0.05, 0) is 88.6 Å². The summed E-state index contributed by atoms with van der Waals surface area (Å²) in [5, 5.41) is 12.9. The Hall–Kier alpha value is -2.73. The fraction of sp³-hybridized carbons (Fsp3) is 0.533. The SMILES string of the molecule is CC(C)(C)OC(C)(C)N1[C@@H]2CC[C@@H](C2)[C@H]1C(=O)N[C@H](C#N)Cc1ccc(-c2cccc(S(C)(=O)=O)c2)cc1. The Balaban J connectivity index is 1.45. The number of ether oxygens (including phenoxy) is 1. The van der Waals surface area contributed by atoms with Crippen molar-refractivity contribution in [1.29, 1.82) is 5.26 Å². The molecular weight excluding hydrogens is 498 g/mol. The lowest BCUT2D eigenvalue weighted by Crippen LogP contribution is -2.61. The number of fused-ring (bicyclic) bond motifs is 2. The van der Waals surface area contributed by atoms with Gasteiger partial charge >= 0.3 is 0 Å². The largest absolute Gasteiger partial charge is 0.355 e. The number of rotatable bonds is 8. The highest BCUT2D eigenvalue weighted by molar-refractivity contribution is 7.90. The maximum atomic E-state index is 13.6. The van der Waals surface area contributed by atoms with Gasteiger partial charge in [0.1, 0.15) is 11.8 Å². The number of nitrogens with one attached hydrogen (secondary N) is 1. The second-order valence-corrected chi connectivity index (χ2v) is 14.1. The first kappa shape index (κ1) is 28.3. The number of hydrogen-bond donors (Lipinski definition) is 1. The van der Waals surface area contributed by atoms with Crippen molar-refractivity contribution in [3.05, 3.63) is 54.1 Å². The van der Waals surface area contributed by atoms with E-state index >= 15 is 0 Å². The highest BCUT2D eigenvalue weighted by Crippen LogP contribution is 2.47. The van der Waals surface area contributed by atoms with E-state index in [0.717, 1.165) is 36.0 Å². The van der Waals surface area contributed by atoms with Crippen LogP contribution >= 0.6 is 0 Å². The molecule has 8 heteroatoms. The number of carbonyl (C=O) groups excluding carboxylic acids is 1. The van der Waals surface area contributed by atoms with Crippen LogP contribution < -0.4 is 5.32 Å². The van der Waals surface area contributed by atoms with E-state index in [1.165, 1.54) is 6.26 Å². The minimum absolute atomic E-state index is 0.108. The summed E-state index contributed by atoms with van der Waals surface area (Å²) in [4.78, 5) is 16.1. The molecule has 1 saturated carbocycles. The minimum atomic E-state index is -3.29. The second-order valence-electron chi connectivity index (χ2n) is 12.1. The molecule has 4 rings (SSSR count). The van der Waals surface area contributed by atoms with Crippen LogP contribution in [0.5, 0.6) is 0 Å². The number of likely N-dealkylation sites (tertiary alicyclic amines) is 1. The first-order valence-corrected chi connectivity index (χ1v) is 15.1. The Bertz CT molecular complexity index is 1320. The van der Waals surface area contributed by atoms with Crippen molar-refractivity contribution in [3.8, 4) is 17.2 Å². The van der Waals surface area contributed by atoms with Gasteiger partial charge in [0.2, 0.25) is 5.91 Å². The topological polar surface area (TPSA) is 99.5 Å². The van der Waals surface area contributed by atoms with Crippen LogP contribution in [0.25, 0.3) is 11.1 Å². The molecule has 1 heterocycles. The van der Waals surface area contributed by atoms with Gasteiger partial charge in [-0.15, -0.1) is 0 Å². The Kier molecular flexibility index (Phi) is 7.77. The average molecular weight is 538 g/mol. The van der Waals surface area contributed by atoms with Crippen molar-refractivity contribution < 1.29 is 17.9 Å². The van der Waals surface area contributed by atoms with Crippen molar-refractivity contribution in [2.45, 2.75) is 94.6 Å². The predicted octanol–water partition coefficient (Wildman–Crippen LogP) is 4.71. The lowest BCUT2D eigenvalue weighted by molar-refractivity contribution is -0.213. The zero-order valence-electron chi connectivity index (χ0n) is 23.2. The molecule has 2 aromatic rings. The van der Waals surface area contributed by atoms with Crippen molar-refractivity contribution in [2.75, 3.05) is 6.26 Å². The van der Waals surface area contributed by atoms with Crippen molar-refractivity contribution in [1.82, 2.24) is 10.2 Å². The standard InChI is InChI=1S/C30H39N3O4S/c1-29(2,3)37-30(4,5)33-25-15-14-23(17-25)27(33)28(34)32-24(19-31)16-20-10-12-21(13-11-20)22-8-7-9-26(18-22)38(6,35)36/h7-13,18,23-25,27H,14-17H2,1-6H3,(H,32,34)/t23-,24-,25+,27-/m0/s1. The van der Waals surface area contributed by atoms with Gasteiger partial charge in [0.15, 0.2) is 9.84 Å². The second kappa shape index (κ2) is 10.4. The molecule has 38 heavy (non-hydrogen) atoms. The van der Waals surface area contributed by atoms with Gasteiger partial charge < -0.3 is 10.1 Å². The molecule has 0 radical (unpaired) electrons. The fourth-order valence-corrected chi connectivity index (χ4v) is 6.93. The molecule has 2 bridgehead atoms. The zero-order chi connectivity index (χ0) is 27.9. The minimum Gasteiger partial charge on any atom is -0.355 e. The lowest BCUT2D eigenvalue weighted by Gasteiger charge is -2.47. The van der Waals surface area contributed by atoms with Crippen LogP contribution in [0.2, 0.25) is 0 Å². The summed E-state index contributed by atoms with van der Waals surface area (Å²) in [7, 11) is -3.29. The highest BCUT2D eigenvalue weighted by atomic mass is 32.2. The van der Waals surface area contributed by atoms with Gasteiger partial charge in [0.25, 0.3) is 0 Å². The van der Waals surface area contributed by atoms with Crippen LogP contribution in [0.1, 0.15) is 59.4 Å². The molecule has 204 valence electrons. The van der Waals surface area contributed by atoms with E-state index in [9.17, 15) is 18.5 Å². The van der Waals surface area contributed by atoms with Gasteiger partial charge in [-0.1, -0.05) is 36.4 Å². The number of amides is 1. The molecule has 0 unspecified atom stereocenters. The predicted molar refractivity (Wildman–Crippen MR) is 148 cm³/mol. The van der Waals surface area contributed by atoms with Crippen LogP contribution in [0, 0.1) is 17.2 Å². The van der Waals surface area contributed by atoms with Crippen LogP contribution in [0.15, 0.2) is 53.4 Å². The van der Waals surface area contributed by atoms with Gasteiger partial charge in [0.05, 0.1) is 22.6 Å². The molecule has 7 nitrogen and oxygen atoms in total. The number of nitrogens with zero attached hydrogens (tertiary/aromatic N) is 2. The van der Waals surface area contributed by atoms with Gasteiger partial charge in [-0.2, -0.15) is 5.26 Å². The van der Waals surface area contributed by atoms with Crippen molar-refractivity contribution >= 4 is 15.7 Å². The summed E-state index contributed by atoms with van der Waals surface area (Å²) >= 11 is 0. The summed E-state index contributed by atoms with van der Waals surface area (Å²) in [5.41, 5.74) is 1.66. The summed E-state index contributed by atoms with van der Waals surface area (Å²) < 4.78 is 30.2. The molecule has 2 aliphatic rings. The number of carbonyl (C=O) groups is 1. The maximum absolute atomic E-state index is 13.6. The summed E-state index contributed by atoms with van der Waals surface area (Å²) in [6.45, 7) is 10.1. The molecular formula is C30H39N3O4S. The number of hydrogen-bond acceptors (Lipinski definition) is 6. The third-order valence-corrected chi connectivity index (χ3v) is 8.60. The van der Waals surface area contributed by atoms with Gasteiger partial charge in [-0.3, -0.25) is 9.69 Å². The van der Waals surface area contributed by atoms with Crippen LogP contribution in [0.3, 0.4) is 0 Å². The van der Waals surface area contributed by atoms with Crippen LogP contribution in [-0.4, -0.2) is 54.9 Å². The molecule has 0 spiro atoms. The van der Waals surface area contributed by atoms with Gasteiger partial charge in [-0.25, -0.2) is 8.42 Å². The molecule has 1 saturated heterocycles. The Morgan fingerprint density at radius 1 is 1.11 bits per heavy atom. The number of sulfone groups is 1. The molecule has 1 aliphatic carbocycles. The van der Waals surface area contributed by atoms with E-state index in [1.54, 1.807) is 18.2 Å². The van der Waals surface area contributed by atoms with E-state index in [2.05, 4.69) is 16.3 Å². The fourth-order valence-electron chi connectivity index (χ4n) is 6.26. The van der Waals surface area contributed by atoms with E-state index in [4.69, 9.17) is 4.74 Å². The lowest BCUT2D eigenvalue weighted by atomic mass is 9.95. The summed E-state index contributed by atoms with van der Waals surface area (Å²) in [6.07, 6.45) is 4.64. The van der Waals surface area contributed by atoms with Crippen LogP contribution in [-0.2, 0) is 25.8 Å². The Morgan fingerprint density at radius 3 is 2.39 bits per heavy atom. The maximum Gasteiger partial charge on any atom is 0.238 e. The van der Waals surface area contributed by atoms with E-state index in [1.807, 2.05) is 65.0 Å². The first-order valence-electron chi connectivity index (χ1n) is 13.3. The third-order valence-electron chi connectivity index (χ3n) is 7.49. The van der Waals surface area contributed by atoms with E-state index < -0.39 is 21.6 Å². The third kappa shape index (κ3) is 6.28. The zero-order valence-corrected chi connectivity index (χ0v) is 24.0. The average Bonchev–Trinajstić information content (AvgIpc) is 3.44. The Labute approximate surface area is 227 Å². The quantitative estimate of drug-likeness (QED) is 0.524. The summed E-state index contributed by atoms with van der Waals surface area (Å²) in [6, 6.07) is 16.1. The number of nitriles is 1. The molecule has 0 aromatic heterocycles. The van der Waals surface area contributed by atoms with Crippen LogP contribution in [0.4, 0.5) is 0 Å². The highest BCUT2D eigenvalue weighted by Gasteiger charge is 2.55. The first-order chi connectivity index (χ1) is 17.7. The molecule has 1 amide bonds. The molecule has 2 fully saturated rings. The smallest absolute Gasteiger partial charge is 0.238 e. The monoisotopic (exact) mass is 537 g/mol. The molecule has 1 N–H and O–H groups in total. The molecule has 2 aromatic carbocycles. The molecule has 4 atom stereocenters. The van der Waals surface area contributed by atoms with E-state index in [-0.39, 0.29) is 28.4 Å². The summed E-state index contributed by atoms with van der Waals surface area (Å²) in [5.74, 6) is 0.160. The van der Waals surface area contributed by atoms with Gasteiger partial charge in [0, 0.05) is 18.7 Å². The Morgan fingerprint density at radius 2 is 1.79 bits per heavy atom. The number of benzene rings is 2. The van der Waals surface area contributed by atoms with E-state index in [0.29, 0.717) is 12.5 Å². The van der Waals surface area contributed by atoms with Crippen molar-refractivity contribution in [2.24, 2.45) is 5.92 Å². The van der Waals surface area contributed by atoms with Crippen molar-refractivity contribution in [3.63, 3.8) is 0 Å². The number of piperidine rings is 1. The normalized spacial score (nSPS) is 22.7. The molecule has 1 aliphatic heterocycles.